The van der Waals surface area contributed by atoms with Gasteiger partial charge >= 0.3 is 0 Å². The van der Waals surface area contributed by atoms with E-state index in [2.05, 4.69) is 5.32 Å². The minimum atomic E-state index is -0.469. The lowest BCUT2D eigenvalue weighted by Crippen LogP contribution is -2.42. The third-order valence-electron chi connectivity index (χ3n) is 5.03. The third kappa shape index (κ3) is 5.51. The monoisotopic (exact) mass is 393 g/mol. The predicted molar refractivity (Wildman–Crippen MR) is 110 cm³/mol. The van der Waals surface area contributed by atoms with Crippen LogP contribution < -0.4 is 5.32 Å². The van der Waals surface area contributed by atoms with Crippen molar-refractivity contribution in [1.29, 1.82) is 0 Å². The summed E-state index contributed by atoms with van der Waals surface area (Å²) in [6.45, 7) is 1.48. The molecule has 0 aliphatic carbocycles. The molecule has 1 fully saturated rings. The Morgan fingerprint density at radius 2 is 1.72 bits per heavy atom. The maximum atomic E-state index is 12.4. The van der Waals surface area contributed by atoms with Gasteiger partial charge < -0.3 is 10.2 Å². The molecular formula is C22H23N3O4. The average molecular weight is 393 g/mol. The van der Waals surface area contributed by atoms with Crippen LogP contribution in [0.3, 0.4) is 0 Å². The van der Waals surface area contributed by atoms with Gasteiger partial charge in [0, 0.05) is 37.7 Å². The third-order valence-corrected chi connectivity index (χ3v) is 5.03. The molecular weight excluding hydrogens is 370 g/mol. The van der Waals surface area contributed by atoms with Crippen molar-refractivity contribution in [3.63, 3.8) is 0 Å². The molecule has 2 aromatic rings. The topological polar surface area (TPSA) is 92.6 Å². The van der Waals surface area contributed by atoms with Crippen LogP contribution >= 0.6 is 0 Å². The number of benzene rings is 2. The molecule has 0 aromatic heterocycles. The summed E-state index contributed by atoms with van der Waals surface area (Å²) in [5.74, 6) is -0.301. The molecule has 1 N–H and O–H groups in total. The Hall–Kier alpha value is -3.48. The summed E-state index contributed by atoms with van der Waals surface area (Å²) in [7, 11) is 0. The summed E-state index contributed by atoms with van der Waals surface area (Å²) in [5, 5.41) is 14.0. The summed E-state index contributed by atoms with van der Waals surface area (Å²) in [6, 6.07) is 16.0. The van der Waals surface area contributed by atoms with E-state index < -0.39 is 4.92 Å². The zero-order chi connectivity index (χ0) is 20.6. The Kier molecular flexibility index (Phi) is 6.73. The van der Waals surface area contributed by atoms with Gasteiger partial charge in [0.15, 0.2) is 0 Å². The van der Waals surface area contributed by atoms with Crippen molar-refractivity contribution in [2.75, 3.05) is 13.1 Å². The molecule has 1 aliphatic rings. The fourth-order valence-corrected chi connectivity index (χ4v) is 3.35. The Bertz CT molecular complexity index is 903. The Morgan fingerprint density at radius 1 is 1.07 bits per heavy atom. The van der Waals surface area contributed by atoms with Gasteiger partial charge in [-0.2, -0.15) is 0 Å². The predicted octanol–water partition coefficient (Wildman–Crippen LogP) is 3.16. The van der Waals surface area contributed by atoms with E-state index >= 15 is 0 Å². The maximum absolute atomic E-state index is 12.4. The molecule has 0 unspecified atom stereocenters. The summed E-state index contributed by atoms with van der Waals surface area (Å²) in [4.78, 5) is 37.0. The normalized spacial score (nSPS) is 14.7. The van der Waals surface area contributed by atoms with Crippen molar-refractivity contribution in [1.82, 2.24) is 10.2 Å². The number of carbonyl (C=O) groups excluding carboxylic acids is 2. The molecule has 7 heteroatoms. The molecule has 0 saturated carbocycles. The lowest BCUT2D eigenvalue weighted by molar-refractivity contribution is -0.385. The Morgan fingerprint density at radius 3 is 2.41 bits per heavy atom. The highest BCUT2D eigenvalue weighted by atomic mass is 16.6. The maximum Gasteiger partial charge on any atom is 0.276 e. The van der Waals surface area contributed by atoms with Gasteiger partial charge in [-0.1, -0.05) is 42.5 Å². The number of nitrogens with zero attached hydrogens (tertiary/aromatic N) is 2. The number of amides is 2. The van der Waals surface area contributed by atoms with Crippen LogP contribution in [0.2, 0.25) is 0 Å². The van der Waals surface area contributed by atoms with Crippen molar-refractivity contribution >= 4 is 23.6 Å². The molecule has 150 valence electrons. The summed E-state index contributed by atoms with van der Waals surface area (Å²) in [6.07, 6.45) is 4.04. The molecule has 7 nitrogen and oxygen atoms in total. The van der Waals surface area contributed by atoms with E-state index in [9.17, 15) is 19.7 Å². The fourth-order valence-electron chi connectivity index (χ4n) is 3.35. The van der Waals surface area contributed by atoms with Crippen molar-refractivity contribution < 1.29 is 14.5 Å². The van der Waals surface area contributed by atoms with E-state index in [-0.39, 0.29) is 23.4 Å². The van der Waals surface area contributed by atoms with Gasteiger partial charge in [-0.3, -0.25) is 19.7 Å². The number of piperidine rings is 1. The first-order valence-electron chi connectivity index (χ1n) is 9.56. The van der Waals surface area contributed by atoms with Gasteiger partial charge in [-0.15, -0.1) is 0 Å². The SMILES string of the molecule is O=C(NCc1ccccc1)C1CCN(C(=O)C=Cc2ccccc2[N+](=O)[O-])CC1. The number of carbonyl (C=O) groups is 2. The van der Waals surface area contributed by atoms with Gasteiger partial charge in [-0.25, -0.2) is 0 Å². The van der Waals surface area contributed by atoms with Crippen molar-refractivity contribution in [3.05, 3.63) is 81.9 Å². The standard InChI is InChI=1S/C22H23N3O4/c26-21(11-10-18-8-4-5-9-20(18)25(28)29)24-14-12-19(13-15-24)22(27)23-16-17-6-2-1-3-7-17/h1-11,19H,12-16H2,(H,23,27). The molecule has 2 amide bonds. The fraction of sp³-hybridized carbons (Fsp3) is 0.273. The molecule has 0 spiro atoms. The first-order valence-corrected chi connectivity index (χ1v) is 9.56. The first-order chi connectivity index (χ1) is 14.0. The molecule has 2 aromatic carbocycles. The van der Waals surface area contributed by atoms with Gasteiger partial charge in [-0.05, 0) is 30.5 Å². The number of rotatable bonds is 6. The minimum absolute atomic E-state index is 0.0106. The van der Waals surface area contributed by atoms with Gasteiger partial charge in [0.25, 0.3) is 5.69 Å². The first kappa shape index (κ1) is 20.3. The van der Waals surface area contributed by atoms with Crippen LogP contribution in [0.15, 0.2) is 60.7 Å². The van der Waals surface area contributed by atoms with Crippen LogP contribution in [-0.2, 0) is 16.1 Å². The molecule has 0 atom stereocenters. The van der Waals surface area contributed by atoms with E-state index in [1.54, 1.807) is 23.1 Å². The van der Waals surface area contributed by atoms with Gasteiger partial charge in [0.1, 0.15) is 0 Å². The Labute approximate surface area is 169 Å². The second-order valence-electron chi connectivity index (χ2n) is 6.95. The number of hydrogen-bond acceptors (Lipinski definition) is 4. The molecule has 0 radical (unpaired) electrons. The number of nitro benzene ring substituents is 1. The van der Waals surface area contributed by atoms with E-state index in [0.29, 0.717) is 38.0 Å². The molecule has 29 heavy (non-hydrogen) atoms. The van der Waals surface area contributed by atoms with Crippen LogP contribution in [0.5, 0.6) is 0 Å². The lowest BCUT2D eigenvalue weighted by atomic mass is 9.95. The lowest BCUT2D eigenvalue weighted by Gasteiger charge is -2.30. The second kappa shape index (κ2) is 9.64. The summed E-state index contributed by atoms with van der Waals surface area (Å²) in [5.41, 5.74) is 1.40. The molecule has 1 saturated heterocycles. The second-order valence-corrected chi connectivity index (χ2v) is 6.95. The molecule has 3 rings (SSSR count). The van der Waals surface area contributed by atoms with Crippen molar-refractivity contribution in [2.24, 2.45) is 5.92 Å². The molecule has 1 heterocycles. The highest BCUT2D eigenvalue weighted by molar-refractivity contribution is 5.92. The number of nitrogens with one attached hydrogen (secondary N) is 1. The summed E-state index contributed by atoms with van der Waals surface area (Å²) < 4.78 is 0. The average Bonchev–Trinajstić information content (AvgIpc) is 2.76. The highest BCUT2D eigenvalue weighted by Gasteiger charge is 2.26. The van der Waals surface area contributed by atoms with Gasteiger partial charge in [0.2, 0.25) is 11.8 Å². The number of hydrogen-bond donors (Lipinski definition) is 1. The van der Waals surface area contributed by atoms with Crippen LogP contribution in [-0.4, -0.2) is 34.7 Å². The van der Waals surface area contributed by atoms with Crippen molar-refractivity contribution in [3.8, 4) is 0 Å². The van der Waals surface area contributed by atoms with Crippen LogP contribution in [0.4, 0.5) is 5.69 Å². The molecule has 1 aliphatic heterocycles. The van der Waals surface area contributed by atoms with Crippen LogP contribution in [0, 0.1) is 16.0 Å². The number of para-hydroxylation sites is 1. The van der Waals surface area contributed by atoms with E-state index in [1.165, 1.54) is 18.2 Å². The zero-order valence-electron chi connectivity index (χ0n) is 16.0. The highest BCUT2D eigenvalue weighted by Crippen LogP contribution is 2.21. The van der Waals surface area contributed by atoms with E-state index in [4.69, 9.17) is 0 Å². The number of nitro groups is 1. The largest absolute Gasteiger partial charge is 0.352 e. The van der Waals surface area contributed by atoms with Crippen LogP contribution in [0.25, 0.3) is 6.08 Å². The quantitative estimate of drug-likeness (QED) is 0.463. The molecule has 0 bridgehead atoms. The smallest absolute Gasteiger partial charge is 0.276 e. The summed E-state index contributed by atoms with van der Waals surface area (Å²) >= 11 is 0. The van der Waals surface area contributed by atoms with Crippen molar-refractivity contribution in [2.45, 2.75) is 19.4 Å². The van der Waals surface area contributed by atoms with E-state index in [0.717, 1.165) is 5.56 Å². The van der Waals surface area contributed by atoms with E-state index in [1.807, 2.05) is 30.3 Å². The minimum Gasteiger partial charge on any atom is -0.352 e. The van der Waals surface area contributed by atoms with Crippen LogP contribution in [0.1, 0.15) is 24.0 Å². The zero-order valence-corrected chi connectivity index (χ0v) is 16.0. The number of likely N-dealkylation sites (tertiary alicyclic amines) is 1. The Balaban J connectivity index is 1.49. The van der Waals surface area contributed by atoms with Gasteiger partial charge in [0.05, 0.1) is 10.5 Å².